The third-order valence-electron chi connectivity index (χ3n) is 4.48. The van der Waals surface area contributed by atoms with Crippen molar-refractivity contribution in [3.05, 3.63) is 83.4 Å². The van der Waals surface area contributed by atoms with E-state index in [2.05, 4.69) is 46.0 Å². The number of hydrogen-bond acceptors (Lipinski definition) is 3. The van der Waals surface area contributed by atoms with Crippen molar-refractivity contribution >= 4 is 11.6 Å². The van der Waals surface area contributed by atoms with Gasteiger partial charge < -0.3 is 4.74 Å². The van der Waals surface area contributed by atoms with Gasteiger partial charge in [0.05, 0.1) is 6.61 Å². The van der Waals surface area contributed by atoms with Crippen LogP contribution in [0.4, 0.5) is 0 Å². The molecule has 0 fully saturated rings. The molecular formula is C23H20ClN3O. The molecule has 4 nitrogen and oxygen atoms in total. The van der Waals surface area contributed by atoms with Gasteiger partial charge in [0.1, 0.15) is 5.75 Å². The zero-order chi connectivity index (χ0) is 19.5. The minimum atomic E-state index is 0.637. The molecule has 0 N–H and O–H groups in total. The van der Waals surface area contributed by atoms with Crippen LogP contribution in [0.15, 0.2) is 72.8 Å². The number of benzene rings is 3. The summed E-state index contributed by atoms with van der Waals surface area (Å²) >= 11 is 6.10. The van der Waals surface area contributed by atoms with Crippen LogP contribution in [0.2, 0.25) is 5.02 Å². The topological polar surface area (TPSA) is 39.9 Å². The van der Waals surface area contributed by atoms with E-state index in [-0.39, 0.29) is 0 Å². The summed E-state index contributed by atoms with van der Waals surface area (Å²) in [6, 6.07) is 23.9. The van der Waals surface area contributed by atoms with E-state index in [1.54, 1.807) is 0 Å². The fourth-order valence-corrected chi connectivity index (χ4v) is 3.19. The van der Waals surface area contributed by atoms with Gasteiger partial charge in [-0.2, -0.15) is 0 Å². The Kier molecular flexibility index (Phi) is 5.13. The number of aromatic nitrogens is 3. The van der Waals surface area contributed by atoms with Crippen molar-refractivity contribution < 1.29 is 4.74 Å². The van der Waals surface area contributed by atoms with E-state index in [1.165, 1.54) is 5.56 Å². The van der Waals surface area contributed by atoms with Gasteiger partial charge in [0.2, 0.25) is 0 Å². The maximum atomic E-state index is 6.10. The second-order valence-electron chi connectivity index (χ2n) is 6.48. The summed E-state index contributed by atoms with van der Waals surface area (Å²) in [6.07, 6.45) is 0. The molecule has 0 radical (unpaired) electrons. The highest BCUT2D eigenvalue weighted by atomic mass is 35.5. The zero-order valence-electron chi connectivity index (χ0n) is 15.8. The van der Waals surface area contributed by atoms with Crippen molar-refractivity contribution in [3.8, 4) is 34.2 Å². The first-order valence-electron chi connectivity index (χ1n) is 9.17. The molecule has 0 unspecified atom stereocenters. The number of halogens is 1. The molecule has 0 aliphatic carbocycles. The Bertz CT molecular complexity index is 1070. The maximum Gasteiger partial charge on any atom is 0.168 e. The summed E-state index contributed by atoms with van der Waals surface area (Å²) in [5, 5.41) is 9.69. The Morgan fingerprint density at radius 1 is 0.786 bits per heavy atom. The third-order valence-corrected chi connectivity index (χ3v) is 4.73. The van der Waals surface area contributed by atoms with Crippen LogP contribution in [0.1, 0.15) is 12.5 Å². The van der Waals surface area contributed by atoms with Crippen LogP contribution in [0.3, 0.4) is 0 Å². The molecular weight excluding hydrogens is 370 g/mol. The smallest absolute Gasteiger partial charge is 0.168 e. The molecule has 0 amide bonds. The molecule has 4 rings (SSSR count). The van der Waals surface area contributed by atoms with Crippen LogP contribution >= 0.6 is 11.6 Å². The standard InChI is InChI=1S/C23H20ClN3O/c1-3-28-21-14-8-18(9-15-21)23-26-25-22(17-6-4-16(2)5-7-17)27(23)20-12-10-19(24)11-13-20/h4-15H,3H2,1-2H3. The SMILES string of the molecule is CCOc1ccc(-c2nnc(-c3ccc(C)cc3)n2-c2ccc(Cl)cc2)cc1. The van der Waals surface area contributed by atoms with Crippen molar-refractivity contribution in [2.75, 3.05) is 6.61 Å². The van der Waals surface area contributed by atoms with E-state index in [4.69, 9.17) is 16.3 Å². The maximum absolute atomic E-state index is 6.10. The number of nitrogens with zero attached hydrogens (tertiary/aromatic N) is 3. The van der Waals surface area contributed by atoms with Gasteiger partial charge in [-0.25, -0.2) is 0 Å². The van der Waals surface area contributed by atoms with Gasteiger partial charge in [0.25, 0.3) is 0 Å². The Morgan fingerprint density at radius 2 is 1.32 bits per heavy atom. The molecule has 140 valence electrons. The molecule has 1 aromatic heterocycles. The fourth-order valence-electron chi connectivity index (χ4n) is 3.06. The highest BCUT2D eigenvalue weighted by Crippen LogP contribution is 2.30. The monoisotopic (exact) mass is 389 g/mol. The average Bonchev–Trinajstić information content (AvgIpc) is 3.15. The predicted molar refractivity (Wildman–Crippen MR) is 113 cm³/mol. The molecule has 0 spiro atoms. The lowest BCUT2D eigenvalue weighted by Crippen LogP contribution is -2.00. The summed E-state index contributed by atoms with van der Waals surface area (Å²) in [7, 11) is 0. The molecule has 5 heteroatoms. The third kappa shape index (κ3) is 3.64. The number of hydrogen-bond donors (Lipinski definition) is 0. The highest BCUT2D eigenvalue weighted by molar-refractivity contribution is 6.30. The molecule has 0 saturated carbocycles. The fraction of sp³-hybridized carbons (Fsp3) is 0.130. The van der Waals surface area contributed by atoms with Gasteiger partial charge >= 0.3 is 0 Å². The van der Waals surface area contributed by atoms with Gasteiger partial charge in [-0.15, -0.1) is 10.2 Å². The minimum absolute atomic E-state index is 0.637. The van der Waals surface area contributed by atoms with Crippen LogP contribution in [-0.2, 0) is 0 Å². The first-order valence-corrected chi connectivity index (χ1v) is 9.55. The van der Waals surface area contributed by atoms with Gasteiger partial charge in [0.15, 0.2) is 11.6 Å². The van der Waals surface area contributed by atoms with Gasteiger partial charge in [-0.05, 0) is 62.4 Å². The van der Waals surface area contributed by atoms with E-state index < -0.39 is 0 Å². The Hall–Kier alpha value is -3.11. The van der Waals surface area contributed by atoms with E-state index in [0.29, 0.717) is 11.6 Å². The first-order chi connectivity index (χ1) is 13.7. The normalized spacial score (nSPS) is 10.8. The number of rotatable bonds is 5. The molecule has 28 heavy (non-hydrogen) atoms. The first kappa shape index (κ1) is 18.3. The van der Waals surface area contributed by atoms with Crippen molar-refractivity contribution in [1.29, 1.82) is 0 Å². The predicted octanol–water partition coefficient (Wildman–Crippen LogP) is 5.96. The second-order valence-corrected chi connectivity index (χ2v) is 6.92. The van der Waals surface area contributed by atoms with Crippen LogP contribution in [0.25, 0.3) is 28.5 Å². The largest absolute Gasteiger partial charge is 0.494 e. The van der Waals surface area contributed by atoms with Crippen molar-refractivity contribution in [3.63, 3.8) is 0 Å². The van der Waals surface area contributed by atoms with Gasteiger partial charge in [-0.3, -0.25) is 4.57 Å². The molecule has 0 aliphatic rings. The Morgan fingerprint density at radius 3 is 1.86 bits per heavy atom. The van der Waals surface area contributed by atoms with Crippen LogP contribution in [-0.4, -0.2) is 21.4 Å². The molecule has 3 aromatic carbocycles. The zero-order valence-corrected chi connectivity index (χ0v) is 16.5. The highest BCUT2D eigenvalue weighted by Gasteiger charge is 2.17. The number of aryl methyl sites for hydroxylation is 1. The quantitative estimate of drug-likeness (QED) is 0.422. The van der Waals surface area contributed by atoms with Crippen molar-refractivity contribution in [2.24, 2.45) is 0 Å². The molecule has 1 heterocycles. The van der Waals surface area contributed by atoms with Crippen LogP contribution in [0.5, 0.6) is 5.75 Å². The molecule has 0 aliphatic heterocycles. The average molecular weight is 390 g/mol. The molecule has 4 aromatic rings. The van der Waals surface area contributed by atoms with Crippen molar-refractivity contribution in [1.82, 2.24) is 14.8 Å². The lowest BCUT2D eigenvalue weighted by Gasteiger charge is -2.12. The van der Waals surface area contributed by atoms with Crippen molar-refractivity contribution in [2.45, 2.75) is 13.8 Å². The van der Waals surface area contributed by atoms with Gasteiger partial charge in [0, 0.05) is 21.8 Å². The van der Waals surface area contributed by atoms with E-state index in [1.807, 2.05) is 55.5 Å². The summed E-state index contributed by atoms with van der Waals surface area (Å²) in [5.74, 6) is 2.38. The Balaban J connectivity index is 1.86. The molecule has 0 bridgehead atoms. The lowest BCUT2D eigenvalue weighted by molar-refractivity contribution is 0.340. The van der Waals surface area contributed by atoms with E-state index in [9.17, 15) is 0 Å². The summed E-state index contributed by atoms with van der Waals surface area (Å²) in [4.78, 5) is 0. The Labute approximate surface area is 169 Å². The summed E-state index contributed by atoms with van der Waals surface area (Å²) in [6.45, 7) is 4.68. The second kappa shape index (κ2) is 7.87. The lowest BCUT2D eigenvalue weighted by atomic mass is 10.1. The summed E-state index contributed by atoms with van der Waals surface area (Å²) in [5.41, 5.74) is 4.12. The molecule has 0 saturated heterocycles. The van der Waals surface area contributed by atoms with E-state index >= 15 is 0 Å². The van der Waals surface area contributed by atoms with Crippen LogP contribution < -0.4 is 4.74 Å². The molecule has 0 atom stereocenters. The van der Waals surface area contributed by atoms with E-state index in [0.717, 1.165) is 34.2 Å². The van der Waals surface area contributed by atoms with Gasteiger partial charge in [-0.1, -0.05) is 41.4 Å². The minimum Gasteiger partial charge on any atom is -0.494 e. The summed E-state index contributed by atoms with van der Waals surface area (Å²) < 4.78 is 7.61. The van der Waals surface area contributed by atoms with Crippen LogP contribution in [0, 0.1) is 6.92 Å². The number of ether oxygens (including phenoxy) is 1.